The highest BCUT2D eigenvalue weighted by atomic mass is 16.5. The van der Waals surface area contributed by atoms with Crippen molar-refractivity contribution in [3.63, 3.8) is 0 Å². The molecule has 0 aliphatic carbocycles. The van der Waals surface area contributed by atoms with Crippen LogP contribution in [0.2, 0.25) is 0 Å². The van der Waals surface area contributed by atoms with E-state index in [1.807, 2.05) is 52.4 Å². The van der Waals surface area contributed by atoms with Gasteiger partial charge >= 0.3 is 0 Å². The van der Waals surface area contributed by atoms with Crippen LogP contribution in [0.4, 0.5) is 11.5 Å². The van der Waals surface area contributed by atoms with Gasteiger partial charge in [0.15, 0.2) is 5.82 Å². The monoisotopic (exact) mass is 542 g/mol. The van der Waals surface area contributed by atoms with Crippen molar-refractivity contribution >= 4 is 17.4 Å². The van der Waals surface area contributed by atoms with Crippen molar-refractivity contribution in [2.75, 3.05) is 42.9 Å². The topological polar surface area (TPSA) is 105 Å². The van der Waals surface area contributed by atoms with Crippen LogP contribution < -0.4 is 10.2 Å². The maximum atomic E-state index is 13.0. The molecule has 4 aromatic rings. The molecule has 10 nitrogen and oxygen atoms in total. The van der Waals surface area contributed by atoms with Crippen molar-refractivity contribution in [3.8, 4) is 16.9 Å². The van der Waals surface area contributed by atoms with Crippen molar-refractivity contribution in [2.45, 2.75) is 52.9 Å². The molecule has 1 aromatic carbocycles. The largest absolute Gasteiger partial charge is 0.368 e. The first kappa shape index (κ1) is 27.5. The molecule has 0 bridgehead atoms. The Bertz CT molecular complexity index is 1460. The van der Waals surface area contributed by atoms with Crippen LogP contribution in [0, 0.1) is 6.92 Å². The number of piperazine rings is 1. The molecule has 5 rings (SSSR count). The van der Waals surface area contributed by atoms with Crippen LogP contribution in [0.1, 0.15) is 62.2 Å². The van der Waals surface area contributed by atoms with Crippen molar-refractivity contribution < 1.29 is 9.32 Å². The lowest BCUT2D eigenvalue weighted by Crippen LogP contribution is -2.46. The molecule has 210 valence electrons. The zero-order valence-electron chi connectivity index (χ0n) is 24.0. The van der Waals surface area contributed by atoms with E-state index >= 15 is 0 Å². The molecule has 3 aromatic heterocycles. The van der Waals surface area contributed by atoms with E-state index in [0.29, 0.717) is 17.1 Å². The van der Waals surface area contributed by atoms with Gasteiger partial charge in [-0.25, -0.2) is 4.68 Å². The van der Waals surface area contributed by atoms with Crippen molar-refractivity contribution in [3.05, 3.63) is 65.8 Å². The molecule has 0 unspecified atom stereocenters. The second-order valence-corrected chi connectivity index (χ2v) is 11.4. The summed E-state index contributed by atoms with van der Waals surface area (Å²) >= 11 is 0. The van der Waals surface area contributed by atoms with E-state index in [2.05, 4.69) is 48.6 Å². The predicted molar refractivity (Wildman–Crippen MR) is 156 cm³/mol. The molecule has 0 radical (unpaired) electrons. The summed E-state index contributed by atoms with van der Waals surface area (Å²) in [4.78, 5) is 22.4. The summed E-state index contributed by atoms with van der Waals surface area (Å²) in [6.07, 6.45) is 8.09. The van der Waals surface area contributed by atoms with Crippen LogP contribution in [-0.4, -0.2) is 68.7 Å². The average molecular weight is 543 g/mol. The number of hydrogen-bond donors (Lipinski definition) is 1. The molecular weight excluding hydrogens is 504 g/mol. The van der Waals surface area contributed by atoms with Gasteiger partial charge in [-0.05, 0) is 43.7 Å². The first-order valence-electron chi connectivity index (χ1n) is 14.0. The van der Waals surface area contributed by atoms with E-state index in [4.69, 9.17) is 4.52 Å². The average Bonchev–Trinajstić information content (AvgIpc) is 3.63. The third-order valence-electron chi connectivity index (χ3n) is 7.29. The van der Waals surface area contributed by atoms with Gasteiger partial charge in [0.1, 0.15) is 11.5 Å². The Balaban J connectivity index is 1.30. The van der Waals surface area contributed by atoms with Gasteiger partial charge in [-0.3, -0.25) is 14.7 Å². The van der Waals surface area contributed by atoms with Crippen LogP contribution >= 0.6 is 0 Å². The summed E-state index contributed by atoms with van der Waals surface area (Å²) < 4.78 is 7.09. The number of anilines is 2. The molecular formula is C30H38N8O2. The summed E-state index contributed by atoms with van der Waals surface area (Å²) in [6.45, 7) is 15.6. The van der Waals surface area contributed by atoms with Crippen LogP contribution in [0.5, 0.6) is 0 Å². The van der Waals surface area contributed by atoms with Gasteiger partial charge in [0.25, 0.3) is 5.91 Å². The number of rotatable bonds is 8. The van der Waals surface area contributed by atoms with Gasteiger partial charge in [0.05, 0.1) is 23.8 Å². The molecule has 0 atom stereocenters. The van der Waals surface area contributed by atoms with Crippen molar-refractivity contribution in [2.24, 2.45) is 0 Å². The number of aromatic nitrogens is 5. The standard InChI is InChI=1S/C30H38N8O2/c1-6-7-10-36-11-13-37(14-12-36)24-15-23(18-31-19-24)25-20-38(35-33-25)26-16-22(9-8-21(26)2)29(39)32-28-17-27(40-34-28)30(3,4)5/h8-9,15-20H,6-7,10-14H2,1-5H3,(H,32,34,39). The fraction of sp³-hybridized carbons (Fsp3) is 0.433. The maximum Gasteiger partial charge on any atom is 0.256 e. The van der Waals surface area contributed by atoms with Crippen LogP contribution in [0.25, 0.3) is 16.9 Å². The predicted octanol–water partition coefficient (Wildman–Crippen LogP) is 5.10. The maximum absolute atomic E-state index is 13.0. The molecule has 40 heavy (non-hydrogen) atoms. The third kappa shape index (κ3) is 6.22. The number of carbonyl (C=O) groups is 1. The summed E-state index contributed by atoms with van der Waals surface area (Å²) in [6, 6.07) is 9.37. The van der Waals surface area contributed by atoms with Crippen molar-refractivity contribution in [1.29, 1.82) is 0 Å². The second-order valence-electron chi connectivity index (χ2n) is 11.4. The van der Waals surface area contributed by atoms with Crippen LogP contribution in [-0.2, 0) is 5.41 Å². The zero-order valence-corrected chi connectivity index (χ0v) is 24.0. The van der Waals surface area contributed by atoms with Gasteiger partial charge in [0, 0.05) is 55.0 Å². The smallest absolute Gasteiger partial charge is 0.256 e. The number of aryl methyl sites for hydroxylation is 1. The van der Waals surface area contributed by atoms with E-state index in [9.17, 15) is 4.79 Å². The SMILES string of the molecule is CCCCN1CCN(c2cncc(-c3cn(-c4cc(C(=O)Nc5cc(C(C)(C)C)on5)ccc4C)nn3)c2)CC1. The number of pyridine rings is 1. The quantitative estimate of drug-likeness (QED) is 0.328. The summed E-state index contributed by atoms with van der Waals surface area (Å²) in [5, 5.41) is 15.6. The van der Waals surface area contributed by atoms with E-state index in [0.717, 1.165) is 54.4 Å². The van der Waals surface area contributed by atoms with Crippen molar-refractivity contribution in [1.82, 2.24) is 30.0 Å². The number of benzene rings is 1. The number of unbranched alkanes of at least 4 members (excludes halogenated alkanes) is 1. The summed E-state index contributed by atoms with van der Waals surface area (Å²) in [7, 11) is 0. The first-order chi connectivity index (χ1) is 19.2. The minimum atomic E-state index is -0.276. The molecule has 1 aliphatic heterocycles. The minimum Gasteiger partial charge on any atom is -0.368 e. The van der Waals surface area contributed by atoms with Gasteiger partial charge in [-0.1, -0.05) is 50.6 Å². The molecule has 0 spiro atoms. The molecule has 1 fully saturated rings. The Hall–Kier alpha value is -4.05. The fourth-order valence-corrected chi connectivity index (χ4v) is 4.74. The number of amides is 1. The molecule has 4 heterocycles. The normalized spacial score (nSPS) is 14.5. The highest BCUT2D eigenvalue weighted by Gasteiger charge is 2.21. The molecule has 10 heteroatoms. The lowest BCUT2D eigenvalue weighted by atomic mass is 9.93. The summed E-state index contributed by atoms with van der Waals surface area (Å²) in [5.41, 5.74) is 4.76. The first-order valence-corrected chi connectivity index (χ1v) is 14.0. The molecule has 1 saturated heterocycles. The second kappa shape index (κ2) is 11.6. The molecule has 1 amide bonds. The van der Waals surface area contributed by atoms with E-state index in [-0.39, 0.29) is 11.3 Å². The highest BCUT2D eigenvalue weighted by Crippen LogP contribution is 2.26. The van der Waals surface area contributed by atoms with Crippen LogP contribution in [0.15, 0.2) is 53.4 Å². The number of carbonyl (C=O) groups excluding carboxylic acids is 1. The van der Waals surface area contributed by atoms with E-state index in [1.165, 1.54) is 19.4 Å². The number of nitrogens with one attached hydrogen (secondary N) is 1. The van der Waals surface area contributed by atoms with Crippen LogP contribution in [0.3, 0.4) is 0 Å². The lowest BCUT2D eigenvalue weighted by Gasteiger charge is -2.36. The van der Waals surface area contributed by atoms with Gasteiger partial charge < -0.3 is 14.7 Å². The molecule has 1 aliphatic rings. The zero-order chi connectivity index (χ0) is 28.3. The number of hydrogen-bond acceptors (Lipinski definition) is 8. The van der Waals surface area contributed by atoms with Gasteiger partial charge in [-0.2, -0.15) is 0 Å². The highest BCUT2D eigenvalue weighted by molar-refractivity contribution is 6.04. The van der Waals surface area contributed by atoms with E-state index < -0.39 is 0 Å². The fourth-order valence-electron chi connectivity index (χ4n) is 4.74. The summed E-state index contributed by atoms with van der Waals surface area (Å²) in [5.74, 6) is 0.812. The third-order valence-corrected chi connectivity index (χ3v) is 7.29. The molecule has 0 saturated carbocycles. The Morgan fingerprint density at radius 3 is 2.60 bits per heavy atom. The number of nitrogens with zero attached hydrogens (tertiary/aromatic N) is 7. The van der Waals surface area contributed by atoms with Gasteiger partial charge in [-0.15, -0.1) is 5.10 Å². The Kier molecular flexibility index (Phi) is 7.97. The van der Waals surface area contributed by atoms with E-state index in [1.54, 1.807) is 22.9 Å². The minimum absolute atomic E-state index is 0.198. The lowest BCUT2D eigenvalue weighted by molar-refractivity contribution is 0.102. The van der Waals surface area contributed by atoms with Gasteiger partial charge in [0.2, 0.25) is 0 Å². The Labute approximate surface area is 235 Å². The Morgan fingerprint density at radius 1 is 1.07 bits per heavy atom. The Morgan fingerprint density at radius 2 is 1.88 bits per heavy atom. The molecule has 1 N–H and O–H groups in total.